The van der Waals surface area contributed by atoms with Crippen LogP contribution in [0.3, 0.4) is 0 Å². The lowest BCUT2D eigenvalue weighted by atomic mass is 10.1. The van der Waals surface area contributed by atoms with Gasteiger partial charge in [0.15, 0.2) is 12.4 Å². The number of ketones is 1. The van der Waals surface area contributed by atoms with E-state index in [1.165, 1.54) is 13.2 Å². The molecule has 0 radical (unpaired) electrons. The first-order chi connectivity index (χ1) is 12.6. The van der Waals surface area contributed by atoms with Crippen LogP contribution in [0.4, 0.5) is 0 Å². The van der Waals surface area contributed by atoms with Gasteiger partial charge in [0.1, 0.15) is 12.3 Å². The van der Waals surface area contributed by atoms with Crippen LogP contribution in [-0.2, 0) is 14.3 Å². The van der Waals surface area contributed by atoms with Crippen molar-refractivity contribution in [2.45, 2.75) is 0 Å². The zero-order valence-corrected chi connectivity index (χ0v) is 14.3. The standard InChI is InChI=1S/C20H19NO5/c1-25-17-10-8-16(9-11-17)18(22)14-26-20(24)13-21-19(23)12-7-15-5-3-2-4-6-15/h2-12H,13-14H2,1H3,(H,21,23)/b12-7+. The van der Waals surface area contributed by atoms with E-state index in [1.54, 1.807) is 30.3 Å². The molecular formula is C20H19NO5. The van der Waals surface area contributed by atoms with E-state index in [0.29, 0.717) is 11.3 Å². The summed E-state index contributed by atoms with van der Waals surface area (Å²) in [5.41, 5.74) is 1.28. The van der Waals surface area contributed by atoms with E-state index >= 15 is 0 Å². The van der Waals surface area contributed by atoms with Crippen LogP contribution >= 0.6 is 0 Å². The first kappa shape index (κ1) is 18.9. The zero-order valence-electron chi connectivity index (χ0n) is 14.3. The number of rotatable bonds is 8. The van der Waals surface area contributed by atoms with Crippen molar-refractivity contribution in [3.63, 3.8) is 0 Å². The highest BCUT2D eigenvalue weighted by Gasteiger charge is 2.10. The van der Waals surface area contributed by atoms with E-state index in [2.05, 4.69) is 5.32 Å². The van der Waals surface area contributed by atoms with Gasteiger partial charge in [-0.05, 0) is 35.9 Å². The van der Waals surface area contributed by atoms with Crippen LogP contribution in [-0.4, -0.2) is 37.9 Å². The number of hydrogen-bond donors (Lipinski definition) is 1. The number of benzene rings is 2. The molecule has 0 aromatic heterocycles. The smallest absolute Gasteiger partial charge is 0.325 e. The summed E-state index contributed by atoms with van der Waals surface area (Å²) >= 11 is 0. The molecule has 0 fully saturated rings. The molecule has 1 amide bonds. The van der Waals surface area contributed by atoms with Crippen LogP contribution < -0.4 is 10.1 Å². The normalized spacial score (nSPS) is 10.3. The third-order valence-corrected chi connectivity index (χ3v) is 3.41. The fraction of sp³-hybridized carbons (Fsp3) is 0.150. The van der Waals surface area contributed by atoms with E-state index in [-0.39, 0.29) is 18.9 Å². The van der Waals surface area contributed by atoms with Gasteiger partial charge in [-0.3, -0.25) is 14.4 Å². The summed E-state index contributed by atoms with van der Waals surface area (Å²) in [5.74, 6) is -0.818. The maximum absolute atomic E-state index is 11.9. The number of carbonyl (C=O) groups is 3. The van der Waals surface area contributed by atoms with Gasteiger partial charge in [0.25, 0.3) is 0 Å². The average molecular weight is 353 g/mol. The maximum atomic E-state index is 11.9. The summed E-state index contributed by atoms with van der Waals surface area (Å²) in [4.78, 5) is 35.2. The predicted octanol–water partition coefficient (Wildman–Crippen LogP) is 2.25. The van der Waals surface area contributed by atoms with E-state index in [1.807, 2.05) is 30.3 Å². The Morgan fingerprint density at radius 1 is 1.00 bits per heavy atom. The van der Waals surface area contributed by atoms with Gasteiger partial charge in [-0.2, -0.15) is 0 Å². The van der Waals surface area contributed by atoms with Crippen LogP contribution in [0.15, 0.2) is 60.7 Å². The Kier molecular flexibility index (Phi) is 7.12. The van der Waals surface area contributed by atoms with E-state index in [4.69, 9.17) is 9.47 Å². The van der Waals surface area contributed by atoms with E-state index in [0.717, 1.165) is 5.56 Å². The van der Waals surface area contributed by atoms with Crippen molar-refractivity contribution in [1.29, 1.82) is 0 Å². The lowest BCUT2D eigenvalue weighted by Crippen LogP contribution is -2.30. The fourth-order valence-electron chi connectivity index (χ4n) is 2.01. The highest BCUT2D eigenvalue weighted by Crippen LogP contribution is 2.11. The first-order valence-corrected chi connectivity index (χ1v) is 7.92. The Morgan fingerprint density at radius 3 is 2.35 bits per heavy atom. The summed E-state index contributed by atoms with van der Waals surface area (Å²) < 4.78 is 9.88. The second-order valence-electron chi connectivity index (χ2n) is 5.27. The highest BCUT2D eigenvalue weighted by molar-refractivity contribution is 5.98. The van der Waals surface area contributed by atoms with Crippen LogP contribution in [0.5, 0.6) is 5.75 Å². The summed E-state index contributed by atoms with van der Waals surface area (Å²) in [6.45, 7) is -0.700. The van der Waals surface area contributed by atoms with Gasteiger partial charge in [0.05, 0.1) is 7.11 Å². The Bertz CT molecular complexity index is 782. The molecule has 0 saturated carbocycles. The van der Waals surface area contributed by atoms with Crippen molar-refractivity contribution in [1.82, 2.24) is 5.32 Å². The van der Waals surface area contributed by atoms with Gasteiger partial charge in [0.2, 0.25) is 5.91 Å². The number of amides is 1. The van der Waals surface area contributed by atoms with Crippen LogP contribution in [0, 0.1) is 0 Å². The van der Waals surface area contributed by atoms with E-state index in [9.17, 15) is 14.4 Å². The van der Waals surface area contributed by atoms with Crippen molar-refractivity contribution < 1.29 is 23.9 Å². The number of Topliss-reactive ketones (excluding diaryl/α,β-unsaturated/α-hetero) is 1. The van der Waals surface area contributed by atoms with Crippen LogP contribution in [0.2, 0.25) is 0 Å². The van der Waals surface area contributed by atoms with Crippen molar-refractivity contribution in [3.05, 3.63) is 71.8 Å². The molecule has 1 N–H and O–H groups in total. The third kappa shape index (κ3) is 6.24. The number of ether oxygens (including phenoxy) is 2. The molecule has 0 unspecified atom stereocenters. The lowest BCUT2D eigenvalue weighted by molar-refractivity contribution is -0.142. The maximum Gasteiger partial charge on any atom is 0.325 e. The van der Waals surface area contributed by atoms with Crippen LogP contribution in [0.1, 0.15) is 15.9 Å². The molecule has 0 aliphatic heterocycles. The Balaban J connectivity index is 1.71. The molecule has 0 bridgehead atoms. The number of esters is 1. The molecular weight excluding hydrogens is 334 g/mol. The topological polar surface area (TPSA) is 81.7 Å². The number of methoxy groups -OCH3 is 1. The molecule has 2 aromatic carbocycles. The van der Waals surface area contributed by atoms with Gasteiger partial charge in [-0.15, -0.1) is 0 Å². The average Bonchev–Trinajstić information content (AvgIpc) is 2.69. The number of carbonyl (C=O) groups excluding carboxylic acids is 3. The Labute approximate surface area is 151 Å². The van der Waals surface area contributed by atoms with Gasteiger partial charge < -0.3 is 14.8 Å². The SMILES string of the molecule is COc1ccc(C(=O)COC(=O)CNC(=O)/C=C/c2ccccc2)cc1. The number of nitrogens with one attached hydrogen (secondary N) is 1. The van der Waals surface area contributed by atoms with E-state index < -0.39 is 11.9 Å². The minimum absolute atomic E-state index is 0.312. The monoisotopic (exact) mass is 353 g/mol. The molecule has 0 aliphatic carbocycles. The Morgan fingerprint density at radius 2 is 1.69 bits per heavy atom. The number of hydrogen-bond acceptors (Lipinski definition) is 5. The second-order valence-corrected chi connectivity index (χ2v) is 5.27. The molecule has 26 heavy (non-hydrogen) atoms. The molecule has 2 aromatic rings. The third-order valence-electron chi connectivity index (χ3n) is 3.41. The zero-order chi connectivity index (χ0) is 18.8. The summed E-state index contributed by atoms with van der Waals surface area (Å²) in [6.07, 6.45) is 2.96. The van der Waals surface area contributed by atoms with Gasteiger partial charge >= 0.3 is 5.97 Å². The van der Waals surface area contributed by atoms with Crippen LogP contribution in [0.25, 0.3) is 6.08 Å². The van der Waals surface area contributed by atoms with Gasteiger partial charge in [0, 0.05) is 11.6 Å². The highest BCUT2D eigenvalue weighted by atomic mass is 16.5. The summed E-state index contributed by atoms with van der Waals surface area (Å²) in [5, 5.41) is 2.40. The van der Waals surface area contributed by atoms with Gasteiger partial charge in [-0.1, -0.05) is 30.3 Å². The molecule has 0 atom stereocenters. The molecule has 6 nitrogen and oxygen atoms in total. The second kappa shape index (κ2) is 9.78. The summed E-state index contributed by atoms with van der Waals surface area (Å²) in [6, 6.07) is 15.8. The van der Waals surface area contributed by atoms with Gasteiger partial charge in [-0.25, -0.2) is 0 Å². The molecule has 0 heterocycles. The van der Waals surface area contributed by atoms with Crippen molar-refractivity contribution in [2.24, 2.45) is 0 Å². The molecule has 0 saturated heterocycles. The van der Waals surface area contributed by atoms with Crippen molar-refractivity contribution >= 4 is 23.7 Å². The quantitative estimate of drug-likeness (QED) is 0.447. The lowest BCUT2D eigenvalue weighted by Gasteiger charge is -2.05. The molecule has 6 heteroatoms. The first-order valence-electron chi connectivity index (χ1n) is 7.92. The van der Waals surface area contributed by atoms with Crippen molar-refractivity contribution in [3.8, 4) is 5.75 Å². The fourth-order valence-corrected chi connectivity index (χ4v) is 2.01. The van der Waals surface area contributed by atoms with Crippen molar-refractivity contribution in [2.75, 3.05) is 20.3 Å². The molecule has 134 valence electrons. The minimum Gasteiger partial charge on any atom is -0.497 e. The Hall–Kier alpha value is -3.41. The minimum atomic E-state index is -0.687. The molecule has 2 rings (SSSR count). The predicted molar refractivity (Wildman–Crippen MR) is 96.8 cm³/mol. The molecule has 0 aliphatic rings. The largest absolute Gasteiger partial charge is 0.497 e. The molecule has 0 spiro atoms. The summed E-state index contributed by atoms with van der Waals surface area (Å²) in [7, 11) is 1.53.